The molecule has 0 aliphatic carbocycles. The molecule has 2 heterocycles. The van der Waals surface area contributed by atoms with Crippen LogP contribution in [0, 0.1) is 0 Å². The first-order valence-electron chi connectivity index (χ1n) is 9.68. The summed E-state index contributed by atoms with van der Waals surface area (Å²) in [6.45, 7) is 2.20. The van der Waals surface area contributed by atoms with Crippen LogP contribution in [0.2, 0.25) is 0 Å². The number of rotatable bonds is 7. The van der Waals surface area contributed by atoms with Gasteiger partial charge in [-0.15, -0.1) is 11.3 Å². The number of hydrogen-bond acceptors (Lipinski definition) is 7. The lowest BCUT2D eigenvalue weighted by molar-refractivity contribution is -0.119. The molecule has 1 aliphatic heterocycles. The second-order valence-corrected chi connectivity index (χ2v) is 11.8. The van der Waals surface area contributed by atoms with E-state index in [9.17, 15) is 21.6 Å². The summed E-state index contributed by atoms with van der Waals surface area (Å²) in [6, 6.07) is 8.67. The summed E-state index contributed by atoms with van der Waals surface area (Å²) in [5.41, 5.74) is 0.127. The molecule has 1 aromatic carbocycles. The van der Waals surface area contributed by atoms with E-state index in [2.05, 4.69) is 19.8 Å². The Bertz CT molecular complexity index is 1190. The Labute approximate surface area is 186 Å². The molecule has 0 spiro atoms. The number of benzene rings is 1. The molecule has 2 aromatic rings. The van der Waals surface area contributed by atoms with Gasteiger partial charge in [-0.25, -0.2) is 16.8 Å². The summed E-state index contributed by atoms with van der Waals surface area (Å²) in [5.74, 6) is 0.214. The van der Waals surface area contributed by atoms with Crippen molar-refractivity contribution >= 4 is 48.8 Å². The van der Waals surface area contributed by atoms with Gasteiger partial charge in [-0.1, -0.05) is 12.5 Å². The maximum Gasteiger partial charge on any atom is 0.271 e. The van der Waals surface area contributed by atoms with Crippen LogP contribution in [0.15, 0.2) is 50.5 Å². The maximum absolute atomic E-state index is 12.7. The van der Waals surface area contributed by atoms with E-state index >= 15 is 0 Å². The molecule has 0 radical (unpaired) electrons. The highest BCUT2D eigenvalue weighted by Crippen LogP contribution is 2.25. The fourth-order valence-corrected chi connectivity index (χ4v) is 6.39. The topological polar surface area (TPSA) is 134 Å². The van der Waals surface area contributed by atoms with Gasteiger partial charge in [0.05, 0.1) is 17.1 Å². The number of carbonyl (C=O) groups is 1. The average Bonchev–Trinajstić information content (AvgIpc) is 3.05. The van der Waals surface area contributed by atoms with Gasteiger partial charge in [0.2, 0.25) is 5.91 Å². The van der Waals surface area contributed by atoms with E-state index in [1.165, 1.54) is 37.3 Å². The molecule has 168 valence electrons. The van der Waals surface area contributed by atoms with E-state index < -0.39 is 20.0 Å². The minimum Gasteiger partial charge on any atom is -0.351 e. The first-order valence-corrected chi connectivity index (χ1v) is 13.5. The molecule has 0 saturated heterocycles. The first kappa shape index (κ1) is 23.2. The van der Waals surface area contributed by atoms with Gasteiger partial charge in [0.1, 0.15) is 10.0 Å². The number of aliphatic imine (C=N–C) groups is 1. The standard InChI is InChI=1S/C19H24N4O5S3/c1-14(24)21-13-16-9-10-19(29-16)31(27,28)22-15-6-5-7-17(12-15)30(25,26)23-18-8-3-2-4-11-20-18/h5-7,9-10,12,22H,2-4,8,11,13H2,1H3,(H,20,23)(H,21,24). The van der Waals surface area contributed by atoms with Crippen LogP contribution in [0.4, 0.5) is 5.69 Å². The van der Waals surface area contributed by atoms with Gasteiger partial charge >= 0.3 is 0 Å². The largest absolute Gasteiger partial charge is 0.351 e. The normalized spacial score (nSPS) is 14.9. The predicted octanol–water partition coefficient (Wildman–Crippen LogP) is 2.44. The molecule has 1 aromatic heterocycles. The highest BCUT2D eigenvalue weighted by Gasteiger charge is 2.21. The van der Waals surface area contributed by atoms with Crippen molar-refractivity contribution in [3.63, 3.8) is 0 Å². The van der Waals surface area contributed by atoms with E-state index in [1.54, 1.807) is 6.07 Å². The van der Waals surface area contributed by atoms with Crippen LogP contribution in [0.3, 0.4) is 0 Å². The van der Waals surface area contributed by atoms with Crippen LogP contribution in [-0.2, 0) is 31.4 Å². The van der Waals surface area contributed by atoms with Crippen molar-refractivity contribution in [2.45, 2.75) is 48.3 Å². The van der Waals surface area contributed by atoms with E-state index in [1.807, 2.05) is 0 Å². The van der Waals surface area contributed by atoms with Gasteiger partial charge < -0.3 is 5.32 Å². The van der Waals surface area contributed by atoms with Gasteiger partial charge in [0, 0.05) is 24.8 Å². The average molecular weight is 485 g/mol. The van der Waals surface area contributed by atoms with Crippen molar-refractivity contribution in [2.24, 2.45) is 4.99 Å². The zero-order chi connectivity index (χ0) is 22.5. The quantitative estimate of drug-likeness (QED) is 0.555. The van der Waals surface area contributed by atoms with Gasteiger partial charge in [-0.05, 0) is 43.2 Å². The minimum atomic E-state index is -3.91. The van der Waals surface area contributed by atoms with Crippen LogP contribution in [0.1, 0.15) is 37.5 Å². The number of anilines is 1. The summed E-state index contributed by atoms with van der Waals surface area (Å²) < 4.78 is 55.8. The molecule has 0 fully saturated rings. The van der Waals surface area contributed by atoms with E-state index in [-0.39, 0.29) is 27.2 Å². The number of carbonyl (C=O) groups excluding carboxylic acids is 1. The monoisotopic (exact) mass is 484 g/mol. The molecule has 1 amide bonds. The molecule has 0 atom stereocenters. The number of amides is 1. The minimum absolute atomic E-state index is 0.0582. The summed E-state index contributed by atoms with van der Waals surface area (Å²) in [6.07, 6.45) is 3.36. The summed E-state index contributed by atoms with van der Waals surface area (Å²) >= 11 is 1.02. The second-order valence-electron chi connectivity index (χ2n) is 7.01. The summed E-state index contributed by atoms with van der Waals surface area (Å²) in [7, 11) is -7.79. The third-order valence-corrected chi connectivity index (χ3v) is 8.77. The van der Waals surface area contributed by atoms with Crippen molar-refractivity contribution in [3.8, 4) is 0 Å². The smallest absolute Gasteiger partial charge is 0.271 e. The van der Waals surface area contributed by atoms with Crippen molar-refractivity contribution in [1.29, 1.82) is 0 Å². The zero-order valence-electron chi connectivity index (χ0n) is 16.9. The van der Waals surface area contributed by atoms with Crippen molar-refractivity contribution in [3.05, 3.63) is 41.3 Å². The van der Waals surface area contributed by atoms with E-state index in [0.717, 1.165) is 30.6 Å². The molecule has 31 heavy (non-hydrogen) atoms. The molecule has 0 bridgehead atoms. The third-order valence-electron chi connectivity index (χ3n) is 4.44. The molecule has 9 nitrogen and oxygen atoms in total. The molecular weight excluding hydrogens is 460 g/mol. The maximum atomic E-state index is 12.7. The highest BCUT2D eigenvalue weighted by atomic mass is 32.2. The van der Waals surface area contributed by atoms with Crippen LogP contribution in [0.25, 0.3) is 0 Å². The Hall–Kier alpha value is -2.44. The highest BCUT2D eigenvalue weighted by molar-refractivity contribution is 7.94. The third kappa shape index (κ3) is 6.52. The van der Waals surface area contributed by atoms with E-state index in [4.69, 9.17) is 0 Å². The molecule has 0 saturated carbocycles. The Morgan fingerprint density at radius 2 is 1.84 bits per heavy atom. The molecular formula is C19H24N4O5S3. The molecule has 1 aliphatic rings. The van der Waals surface area contributed by atoms with Crippen LogP contribution >= 0.6 is 11.3 Å². The van der Waals surface area contributed by atoms with E-state index in [0.29, 0.717) is 23.7 Å². The molecule has 0 unspecified atom stereocenters. The fraction of sp³-hybridized carbons (Fsp3) is 0.368. The lowest BCUT2D eigenvalue weighted by Crippen LogP contribution is -2.30. The Kier molecular flexibility index (Phi) is 7.34. The van der Waals surface area contributed by atoms with Crippen molar-refractivity contribution in [1.82, 2.24) is 10.0 Å². The van der Waals surface area contributed by atoms with Gasteiger partial charge in [-0.2, -0.15) is 0 Å². The Morgan fingerprint density at radius 1 is 1.03 bits per heavy atom. The number of nitrogens with one attached hydrogen (secondary N) is 3. The number of hydrogen-bond donors (Lipinski definition) is 3. The number of sulfonamides is 2. The number of nitrogens with zero attached hydrogens (tertiary/aromatic N) is 1. The number of thiophene rings is 1. The molecule has 3 N–H and O–H groups in total. The van der Waals surface area contributed by atoms with Crippen LogP contribution < -0.4 is 14.8 Å². The Morgan fingerprint density at radius 3 is 2.61 bits per heavy atom. The van der Waals surface area contributed by atoms with Gasteiger partial charge in [0.15, 0.2) is 0 Å². The fourth-order valence-electron chi connectivity index (χ4n) is 2.91. The van der Waals surface area contributed by atoms with Crippen LogP contribution in [-0.4, -0.2) is 35.1 Å². The van der Waals surface area contributed by atoms with Crippen molar-refractivity contribution in [2.75, 3.05) is 11.3 Å². The predicted molar refractivity (Wildman–Crippen MR) is 120 cm³/mol. The second kappa shape index (κ2) is 9.79. The van der Waals surface area contributed by atoms with Gasteiger partial charge in [-0.3, -0.25) is 19.2 Å². The lowest BCUT2D eigenvalue weighted by Gasteiger charge is -2.11. The lowest BCUT2D eigenvalue weighted by atomic mass is 10.2. The van der Waals surface area contributed by atoms with Crippen LogP contribution in [0.5, 0.6) is 0 Å². The molecule has 12 heteroatoms. The summed E-state index contributed by atoms with van der Waals surface area (Å²) in [4.78, 5) is 15.9. The zero-order valence-corrected chi connectivity index (χ0v) is 19.4. The van der Waals surface area contributed by atoms with Gasteiger partial charge in [0.25, 0.3) is 20.0 Å². The SMILES string of the molecule is CC(=O)NCc1ccc(S(=O)(=O)Nc2cccc(S(=O)(=O)NC3=NCCCCC3)c2)s1. The summed E-state index contributed by atoms with van der Waals surface area (Å²) in [5, 5.41) is 2.61. The first-order chi connectivity index (χ1) is 14.7. The Balaban J connectivity index is 1.75. The van der Waals surface area contributed by atoms with Crippen molar-refractivity contribution < 1.29 is 21.6 Å². The number of amidine groups is 1. The molecule has 3 rings (SSSR count).